The topological polar surface area (TPSA) is 583 Å². The van der Waals surface area contributed by atoms with Crippen LogP contribution < -0.4 is 75.7 Å². The Morgan fingerprint density at radius 2 is 1.02 bits per heavy atom. The van der Waals surface area contributed by atoms with E-state index >= 15 is 0 Å². The van der Waals surface area contributed by atoms with E-state index in [9.17, 15) is 97.1 Å². The van der Waals surface area contributed by atoms with Crippen molar-refractivity contribution >= 4 is 117 Å². The Balaban J connectivity index is 1.64. The summed E-state index contributed by atoms with van der Waals surface area (Å²) in [6.07, 6.45) is -1.34. The van der Waals surface area contributed by atoms with Gasteiger partial charge in [-0.1, -0.05) is 90.1 Å². The molecule has 1 fully saturated rings. The number of fused-ring (bicyclic) bond motifs is 1. The molecule has 1 aromatic heterocycles. The van der Waals surface area contributed by atoms with Crippen molar-refractivity contribution in [1.29, 1.82) is 0 Å². The van der Waals surface area contributed by atoms with Crippen LogP contribution in [0, 0.1) is 17.8 Å². The van der Waals surface area contributed by atoms with E-state index in [1.54, 1.807) is 102 Å². The molecule has 108 heavy (non-hydrogen) atoms. The van der Waals surface area contributed by atoms with Gasteiger partial charge < -0.3 is 106 Å². The number of thioether (sulfide) groups is 1. The molecule has 0 aliphatic carbocycles. The molecule has 0 saturated carbocycles. The number of primary amides is 2. The summed E-state index contributed by atoms with van der Waals surface area (Å²) >= 11 is 1.20. The monoisotopic (exact) mass is 1530 g/mol. The lowest BCUT2D eigenvalue weighted by Crippen LogP contribution is -2.61. The predicted octanol–water partition coefficient (Wildman–Crippen LogP) is -3.41. The summed E-state index contributed by atoms with van der Waals surface area (Å²) in [6.45, 7) is 7.67. The van der Waals surface area contributed by atoms with Gasteiger partial charge in [-0.3, -0.25) is 76.7 Å². The average Bonchev–Trinajstić information content (AvgIpc) is 1.65. The molecule has 4 rings (SSSR count). The number of amides is 14. The summed E-state index contributed by atoms with van der Waals surface area (Å²) in [6, 6.07) is -2.04. The van der Waals surface area contributed by atoms with Crippen LogP contribution in [0.3, 0.4) is 0 Å². The Hall–Kier alpha value is -10.3. The molecule has 596 valence electrons. The smallest absolute Gasteiger partial charge is 0.305 e. The van der Waals surface area contributed by atoms with E-state index in [1.165, 1.54) is 11.8 Å². The fourth-order valence-electron chi connectivity index (χ4n) is 11.6. The first-order valence-corrected chi connectivity index (χ1v) is 37.0. The third kappa shape index (κ3) is 31.7. The van der Waals surface area contributed by atoms with Crippen molar-refractivity contribution in [3.63, 3.8) is 0 Å². The van der Waals surface area contributed by atoms with Crippen LogP contribution in [0.5, 0.6) is 0 Å². The highest BCUT2D eigenvalue weighted by Crippen LogP contribution is 2.21. The number of rotatable bonds is 44. The predicted molar refractivity (Wildman–Crippen MR) is 394 cm³/mol. The lowest BCUT2D eigenvalue weighted by Gasteiger charge is -2.29. The number of nitrogens with one attached hydrogen (secondary N) is 12. The second kappa shape index (κ2) is 46.1. The molecule has 1 saturated heterocycles. The molecular formula is C71H106N16O20S. The van der Waals surface area contributed by atoms with Gasteiger partial charge in [0.25, 0.3) is 0 Å². The van der Waals surface area contributed by atoms with Crippen molar-refractivity contribution in [2.24, 2.45) is 35.0 Å². The number of carboxylic acids is 2. The number of hydrogen-bond donors (Lipinski definition) is 19. The van der Waals surface area contributed by atoms with Crippen molar-refractivity contribution in [2.45, 2.75) is 198 Å². The van der Waals surface area contributed by atoms with E-state index in [2.05, 4.69) is 63.5 Å². The van der Waals surface area contributed by atoms with Crippen LogP contribution in [0.25, 0.3) is 10.9 Å². The third-order valence-corrected chi connectivity index (χ3v) is 18.1. The van der Waals surface area contributed by atoms with Gasteiger partial charge in [0.15, 0.2) is 0 Å². The molecule has 0 unspecified atom stereocenters. The van der Waals surface area contributed by atoms with Gasteiger partial charge in [0.1, 0.15) is 66.5 Å². The summed E-state index contributed by atoms with van der Waals surface area (Å²) in [5, 5.41) is 68.4. The Labute approximate surface area is 629 Å². The number of unbranched alkanes of at least 4 members (excludes halogenated alkanes) is 1. The van der Waals surface area contributed by atoms with E-state index in [1.807, 2.05) is 0 Å². The Morgan fingerprint density at radius 3 is 1.56 bits per heavy atom. The number of benzene rings is 2. The van der Waals surface area contributed by atoms with Crippen LogP contribution >= 0.6 is 11.8 Å². The van der Waals surface area contributed by atoms with Gasteiger partial charge in [-0.15, -0.1) is 0 Å². The van der Waals surface area contributed by atoms with Crippen LogP contribution in [-0.2, 0) is 89.6 Å². The number of carbonyl (C=O) groups is 16. The number of aromatic amines is 1. The molecule has 11 atom stereocenters. The molecule has 1 aliphatic heterocycles. The minimum absolute atomic E-state index is 0.0320. The number of nitrogens with zero attached hydrogens (tertiary/aromatic N) is 1. The molecule has 2 aromatic carbocycles. The normalized spacial score (nSPS) is 16.8. The lowest BCUT2D eigenvalue weighted by atomic mass is 9.98. The molecule has 22 N–H and O–H groups in total. The van der Waals surface area contributed by atoms with Crippen molar-refractivity contribution in [3.05, 3.63) is 71.9 Å². The number of aliphatic hydroxyl groups is 2. The first-order chi connectivity index (χ1) is 51.1. The first kappa shape index (κ1) is 90.1. The van der Waals surface area contributed by atoms with Crippen molar-refractivity contribution in [1.82, 2.24) is 68.4 Å². The van der Waals surface area contributed by atoms with Gasteiger partial charge in [0.05, 0.1) is 26.2 Å². The van der Waals surface area contributed by atoms with Gasteiger partial charge in [-0.05, 0) is 92.9 Å². The van der Waals surface area contributed by atoms with Crippen LogP contribution in [0.4, 0.5) is 0 Å². The van der Waals surface area contributed by atoms with Gasteiger partial charge in [0.2, 0.25) is 82.7 Å². The standard InChI is InChI=1S/C71H106N16O20S/c1-38(2)28-48(64(100)81-50(30-40(5)6)66(102)85-54(36-88)61(74)97)80-62(98)45(18-12-13-24-72)78-68(104)52(32-42-34-75-44-17-11-10-16-43(42)44)83-65(101)49(29-39(3)4)82-69(105)53(33-60(95)96)84-70(106)55(37-89)86-67(103)51(31-41-14-8-7-9-15-41)77-58(92)35-87-25-27-108-26-23-57(91)76-46(19-21-56(73)90)63(99)79-47(71(87)107)20-22-59(93)94/h7-11,14-17,34,38-40,45-55,75,88-89H,12-13,18-33,35-37,72H2,1-6H3,(H2,73,90)(H2,74,97)(H,76,91)(H,77,92)(H,78,104)(H,79,99)(H,80,98)(H,81,100)(H,82,105)(H,83,101)(H,84,106)(H,85,102)(H,86,103)(H,93,94)(H,95,96)/t45-,46-,47-,48-,49-,50-,51-,52-,53-,54-,55-/m0/s1. The zero-order chi connectivity index (χ0) is 80.3. The quantitative estimate of drug-likeness (QED) is 0.0245. The lowest BCUT2D eigenvalue weighted by molar-refractivity contribution is -0.142. The van der Waals surface area contributed by atoms with Crippen molar-refractivity contribution in [2.75, 3.05) is 44.4 Å². The molecule has 37 heteroatoms. The maximum Gasteiger partial charge on any atom is 0.305 e. The largest absolute Gasteiger partial charge is 0.481 e. The summed E-state index contributed by atoms with van der Waals surface area (Å²) in [7, 11) is 0. The van der Waals surface area contributed by atoms with E-state index in [-0.39, 0.29) is 101 Å². The summed E-state index contributed by atoms with van der Waals surface area (Å²) < 4.78 is 0. The van der Waals surface area contributed by atoms with Crippen LogP contribution in [0.1, 0.15) is 130 Å². The van der Waals surface area contributed by atoms with Gasteiger partial charge in [-0.25, -0.2) is 0 Å². The van der Waals surface area contributed by atoms with E-state index in [4.69, 9.17) is 17.2 Å². The highest BCUT2D eigenvalue weighted by atomic mass is 32.2. The number of hydrogen-bond acceptors (Lipinski definition) is 20. The fraction of sp³-hybridized carbons (Fsp3) is 0.577. The van der Waals surface area contributed by atoms with Gasteiger partial charge in [-0.2, -0.15) is 11.8 Å². The Bertz CT molecular complexity index is 3600. The maximum absolute atomic E-state index is 15.0. The van der Waals surface area contributed by atoms with Gasteiger partial charge in [0, 0.05) is 67.3 Å². The van der Waals surface area contributed by atoms with Crippen LogP contribution in [0.15, 0.2) is 60.8 Å². The maximum atomic E-state index is 15.0. The molecule has 1 aliphatic rings. The molecule has 2 heterocycles. The van der Waals surface area contributed by atoms with E-state index in [0.29, 0.717) is 28.5 Å². The molecule has 0 bridgehead atoms. The number of para-hydroxylation sites is 1. The number of H-pyrrole nitrogens is 1. The first-order valence-electron chi connectivity index (χ1n) is 35.8. The highest BCUT2D eigenvalue weighted by molar-refractivity contribution is 7.99. The van der Waals surface area contributed by atoms with Crippen LogP contribution in [-0.4, -0.2) is 236 Å². The summed E-state index contributed by atoms with van der Waals surface area (Å²) in [5.74, 6) is -16.8. The number of carboxylic acid groups (broad SMARTS) is 2. The van der Waals surface area contributed by atoms with Crippen molar-refractivity contribution < 1.29 is 97.1 Å². The number of carbonyl (C=O) groups excluding carboxylic acids is 14. The molecule has 36 nitrogen and oxygen atoms in total. The van der Waals surface area contributed by atoms with E-state index < -0.39 is 206 Å². The zero-order valence-electron chi connectivity index (χ0n) is 61.6. The number of nitrogens with two attached hydrogens (primary N) is 3. The number of aliphatic carboxylic acids is 2. The minimum Gasteiger partial charge on any atom is -0.481 e. The number of aliphatic hydroxyl groups excluding tert-OH is 2. The molecule has 3 aromatic rings. The molecule has 14 amide bonds. The second-order valence-corrected chi connectivity index (χ2v) is 28.9. The van der Waals surface area contributed by atoms with Crippen LogP contribution in [0.2, 0.25) is 0 Å². The summed E-state index contributed by atoms with van der Waals surface area (Å²) in [5.41, 5.74) is 18.1. The highest BCUT2D eigenvalue weighted by Gasteiger charge is 2.38. The average molecular weight is 1540 g/mol. The Morgan fingerprint density at radius 1 is 0.537 bits per heavy atom. The second-order valence-electron chi connectivity index (χ2n) is 27.6. The Kier molecular flexibility index (Phi) is 38.4. The van der Waals surface area contributed by atoms with Crippen molar-refractivity contribution in [3.8, 4) is 0 Å². The summed E-state index contributed by atoms with van der Waals surface area (Å²) in [4.78, 5) is 222. The van der Waals surface area contributed by atoms with Gasteiger partial charge >= 0.3 is 11.9 Å². The molecular weight excluding hydrogens is 1430 g/mol. The third-order valence-electron chi connectivity index (χ3n) is 17.2. The number of aromatic nitrogens is 1. The fourth-order valence-corrected chi connectivity index (χ4v) is 12.5. The van der Waals surface area contributed by atoms with E-state index in [0.717, 1.165) is 4.90 Å². The SMILES string of the molecule is CC(C)C[C@H](NC(=O)[C@H](CC(C)C)NC(=O)[C@H](CCCCN)NC(=O)[C@H](Cc1c[nH]c2ccccc12)NC(=O)[C@H](CC(C)C)NC(=O)[C@H](CC(=O)O)NC(=O)[C@H](CO)NC(=O)[C@H](Cc1ccccc1)NC(=O)CN1CCSCCC(=O)N[C@@H](CCC(N)=O)C(=O)N[C@@H](CCC(=O)O)C1=O)C(=O)N[C@@H](CO)C(N)=O. The zero-order valence-corrected chi connectivity index (χ0v) is 62.4. The molecule has 0 radical (unpaired) electrons. The minimum atomic E-state index is -2.04. The molecule has 0 spiro atoms.